The Morgan fingerprint density at radius 3 is 2.89 bits per heavy atom. The maximum Gasteiger partial charge on any atom is 0.165 e. The van der Waals surface area contributed by atoms with Gasteiger partial charge in [0.1, 0.15) is 6.10 Å². The molecular weight excluding hydrogens is 233 g/mol. The summed E-state index contributed by atoms with van der Waals surface area (Å²) in [6, 6.07) is 4.96. The third-order valence-electron chi connectivity index (χ3n) is 2.45. The minimum Gasteiger partial charge on any atom is -0.484 e. The van der Waals surface area contributed by atoms with Crippen LogP contribution in [-0.2, 0) is 11.3 Å². The van der Waals surface area contributed by atoms with Gasteiger partial charge in [-0.05, 0) is 24.6 Å². The highest BCUT2D eigenvalue weighted by Crippen LogP contribution is 2.19. The molecule has 1 atom stereocenters. The summed E-state index contributed by atoms with van der Waals surface area (Å²) >= 11 is 0. The number of hydrogen-bond acceptors (Lipinski definition) is 3. The normalized spacial score (nSPS) is 12.2. The average molecular weight is 253 g/mol. The van der Waals surface area contributed by atoms with E-state index in [0.717, 1.165) is 12.1 Å². The molecule has 0 aromatic heterocycles. The van der Waals surface area contributed by atoms with Crippen molar-refractivity contribution in [1.29, 1.82) is 0 Å². The van der Waals surface area contributed by atoms with Crippen molar-refractivity contribution in [2.24, 2.45) is 0 Å². The number of rotatable bonds is 8. The van der Waals surface area contributed by atoms with Crippen LogP contribution in [0.5, 0.6) is 5.75 Å². The second kappa shape index (κ2) is 7.84. The zero-order valence-corrected chi connectivity index (χ0v) is 10.9. The Morgan fingerprint density at radius 2 is 2.28 bits per heavy atom. The van der Waals surface area contributed by atoms with Crippen molar-refractivity contribution >= 4 is 0 Å². The Bertz CT molecular complexity index is 382. The van der Waals surface area contributed by atoms with Gasteiger partial charge in [-0.15, -0.1) is 0 Å². The lowest BCUT2D eigenvalue weighted by atomic mass is 10.2. The van der Waals surface area contributed by atoms with E-state index in [-0.39, 0.29) is 17.7 Å². The van der Waals surface area contributed by atoms with Gasteiger partial charge in [0.25, 0.3) is 0 Å². The van der Waals surface area contributed by atoms with Gasteiger partial charge in [0.2, 0.25) is 0 Å². The van der Waals surface area contributed by atoms with Crippen molar-refractivity contribution in [1.82, 2.24) is 5.32 Å². The van der Waals surface area contributed by atoms with Crippen LogP contribution in [0.3, 0.4) is 0 Å². The summed E-state index contributed by atoms with van der Waals surface area (Å²) in [5.41, 5.74) is 0.877. The van der Waals surface area contributed by atoms with Crippen LogP contribution in [0.2, 0.25) is 0 Å². The summed E-state index contributed by atoms with van der Waals surface area (Å²) < 4.78 is 24.0. The predicted molar refractivity (Wildman–Crippen MR) is 70.3 cm³/mol. The molecular formula is C14H20FNO2. The highest BCUT2D eigenvalue weighted by molar-refractivity contribution is 5.29. The molecule has 1 N–H and O–H groups in total. The molecule has 0 aliphatic rings. The van der Waals surface area contributed by atoms with Crippen LogP contribution in [-0.4, -0.2) is 26.4 Å². The smallest absolute Gasteiger partial charge is 0.165 e. The molecule has 0 saturated carbocycles. The first kappa shape index (κ1) is 14.7. The number of hydrogen-bond donors (Lipinski definition) is 1. The van der Waals surface area contributed by atoms with E-state index in [4.69, 9.17) is 9.47 Å². The van der Waals surface area contributed by atoms with Crippen molar-refractivity contribution in [3.63, 3.8) is 0 Å². The molecule has 1 aromatic rings. The first-order valence-corrected chi connectivity index (χ1v) is 5.94. The van der Waals surface area contributed by atoms with E-state index in [1.807, 2.05) is 13.0 Å². The third kappa shape index (κ3) is 4.85. The fourth-order valence-electron chi connectivity index (χ4n) is 1.41. The Labute approximate surface area is 108 Å². The summed E-state index contributed by atoms with van der Waals surface area (Å²) in [6.07, 6.45) is 1.42. The van der Waals surface area contributed by atoms with Gasteiger partial charge in [-0.2, -0.15) is 0 Å². The van der Waals surface area contributed by atoms with Gasteiger partial charge in [-0.25, -0.2) is 4.39 Å². The van der Waals surface area contributed by atoms with Crippen LogP contribution in [0.25, 0.3) is 0 Å². The number of methoxy groups -OCH3 is 1. The van der Waals surface area contributed by atoms with Crippen LogP contribution in [0.4, 0.5) is 4.39 Å². The highest BCUT2D eigenvalue weighted by Gasteiger charge is 2.07. The van der Waals surface area contributed by atoms with E-state index < -0.39 is 0 Å². The van der Waals surface area contributed by atoms with Gasteiger partial charge in [-0.1, -0.05) is 18.7 Å². The van der Waals surface area contributed by atoms with E-state index in [1.165, 1.54) is 6.07 Å². The fourth-order valence-corrected chi connectivity index (χ4v) is 1.41. The second-order valence-corrected chi connectivity index (χ2v) is 3.99. The molecule has 1 unspecified atom stereocenters. The average Bonchev–Trinajstić information content (AvgIpc) is 2.37. The third-order valence-corrected chi connectivity index (χ3v) is 2.45. The molecule has 0 fully saturated rings. The molecule has 18 heavy (non-hydrogen) atoms. The number of halogens is 1. The predicted octanol–water partition coefficient (Wildman–Crippen LogP) is 2.52. The SMILES string of the molecule is C=CC(C)Oc1ccc(CNCCOC)cc1F. The van der Waals surface area contributed by atoms with Gasteiger partial charge >= 0.3 is 0 Å². The van der Waals surface area contributed by atoms with Crippen LogP contribution < -0.4 is 10.1 Å². The topological polar surface area (TPSA) is 30.5 Å². The quantitative estimate of drug-likeness (QED) is 0.570. The van der Waals surface area contributed by atoms with Crippen LogP contribution in [0.15, 0.2) is 30.9 Å². The number of nitrogens with one attached hydrogen (secondary N) is 1. The van der Waals surface area contributed by atoms with E-state index in [9.17, 15) is 4.39 Å². The Hall–Kier alpha value is -1.39. The van der Waals surface area contributed by atoms with Gasteiger partial charge in [-0.3, -0.25) is 0 Å². The lowest BCUT2D eigenvalue weighted by Gasteiger charge is -2.12. The summed E-state index contributed by atoms with van der Waals surface area (Å²) in [7, 11) is 1.65. The standard InChI is InChI=1S/C14H20FNO2/c1-4-11(2)18-14-6-5-12(9-13(14)15)10-16-7-8-17-3/h4-6,9,11,16H,1,7-8,10H2,2-3H3. The Morgan fingerprint density at radius 1 is 1.50 bits per heavy atom. The molecule has 0 spiro atoms. The van der Waals surface area contributed by atoms with Crippen molar-refractivity contribution in [2.75, 3.05) is 20.3 Å². The molecule has 100 valence electrons. The first-order chi connectivity index (χ1) is 8.67. The molecule has 4 heteroatoms. The molecule has 3 nitrogen and oxygen atoms in total. The molecule has 0 bridgehead atoms. The zero-order chi connectivity index (χ0) is 13.4. The Balaban J connectivity index is 2.53. The molecule has 1 rings (SSSR count). The lowest BCUT2D eigenvalue weighted by Crippen LogP contribution is -2.18. The van der Waals surface area contributed by atoms with Crippen molar-refractivity contribution in [2.45, 2.75) is 19.6 Å². The summed E-state index contributed by atoms with van der Waals surface area (Å²) in [4.78, 5) is 0. The minimum absolute atomic E-state index is 0.204. The summed E-state index contributed by atoms with van der Waals surface area (Å²) in [5.74, 6) is -0.0993. The van der Waals surface area contributed by atoms with Gasteiger partial charge < -0.3 is 14.8 Å². The maximum absolute atomic E-state index is 13.7. The van der Waals surface area contributed by atoms with Crippen molar-refractivity contribution in [3.05, 3.63) is 42.2 Å². The number of benzene rings is 1. The maximum atomic E-state index is 13.7. The van der Waals surface area contributed by atoms with E-state index in [2.05, 4.69) is 11.9 Å². The van der Waals surface area contributed by atoms with Gasteiger partial charge in [0.05, 0.1) is 6.61 Å². The summed E-state index contributed by atoms with van der Waals surface area (Å²) in [5, 5.41) is 3.15. The Kier molecular flexibility index (Phi) is 6.39. The van der Waals surface area contributed by atoms with E-state index >= 15 is 0 Å². The number of ether oxygens (including phenoxy) is 2. The molecule has 0 aliphatic heterocycles. The van der Waals surface area contributed by atoms with Crippen molar-refractivity contribution < 1.29 is 13.9 Å². The lowest BCUT2D eigenvalue weighted by molar-refractivity contribution is 0.199. The molecule has 0 amide bonds. The van der Waals surface area contributed by atoms with Crippen LogP contribution >= 0.6 is 0 Å². The van der Waals surface area contributed by atoms with Crippen LogP contribution in [0.1, 0.15) is 12.5 Å². The monoisotopic (exact) mass is 253 g/mol. The molecule has 0 heterocycles. The molecule has 0 radical (unpaired) electrons. The zero-order valence-electron chi connectivity index (χ0n) is 10.9. The van der Waals surface area contributed by atoms with Gasteiger partial charge in [0.15, 0.2) is 11.6 Å². The van der Waals surface area contributed by atoms with E-state index in [0.29, 0.717) is 13.2 Å². The summed E-state index contributed by atoms with van der Waals surface area (Å²) in [6.45, 7) is 7.39. The largest absolute Gasteiger partial charge is 0.484 e. The first-order valence-electron chi connectivity index (χ1n) is 5.94. The van der Waals surface area contributed by atoms with Gasteiger partial charge in [0, 0.05) is 20.2 Å². The second-order valence-electron chi connectivity index (χ2n) is 3.99. The van der Waals surface area contributed by atoms with Crippen molar-refractivity contribution in [3.8, 4) is 5.75 Å². The molecule has 0 saturated heterocycles. The molecule has 1 aromatic carbocycles. The van der Waals surface area contributed by atoms with Crippen LogP contribution in [0, 0.1) is 5.82 Å². The highest BCUT2D eigenvalue weighted by atomic mass is 19.1. The van der Waals surface area contributed by atoms with E-state index in [1.54, 1.807) is 19.3 Å². The molecule has 0 aliphatic carbocycles. The fraction of sp³-hybridized carbons (Fsp3) is 0.429. The minimum atomic E-state index is -0.352.